The molecule has 4 heteroatoms. The lowest BCUT2D eigenvalue weighted by Gasteiger charge is -2.54. The third-order valence-corrected chi connectivity index (χ3v) is 7.38. The Kier molecular flexibility index (Phi) is 5.65. The number of benzene rings is 1. The Balaban J connectivity index is 1.73. The van der Waals surface area contributed by atoms with E-state index in [0.29, 0.717) is 30.0 Å². The van der Waals surface area contributed by atoms with Gasteiger partial charge in [-0.25, -0.2) is 0 Å². The highest BCUT2D eigenvalue weighted by Gasteiger charge is 2.46. The highest BCUT2D eigenvalue weighted by atomic mass is 16.5. The molecule has 2 fully saturated rings. The second kappa shape index (κ2) is 8.00. The summed E-state index contributed by atoms with van der Waals surface area (Å²) < 4.78 is 11.3. The van der Waals surface area contributed by atoms with Crippen molar-refractivity contribution in [2.24, 2.45) is 11.7 Å². The van der Waals surface area contributed by atoms with Crippen molar-refractivity contribution in [2.45, 2.75) is 82.3 Å². The van der Waals surface area contributed by atoms with Gasteiger partial charge in [0, 0.05) is 24.7 Å². The Bertz CT molecular complexity index is 662. The lowest BCUT2D eigenvalue weighted by Crippen LogP contribution is -2.56. The Morgan fingerprint density at radius 3 is 2.48 bits per heavy atom. The van der Waals surface area contributed by atoms with Crippen LogP contribution in [0.15, 0.2) is 12.1 Å². The number of nitrogens with zero attached hydrogens (tertiary/aromatic N) is 1. The fourth-order valence-corrected chi connectivity index (χ4v) is 5.95. The molecule has 0 unspecified atom stereocenters. The Morgan fingerprint density at radius 2 is 1.78 bits per heavy atom. The zero-order valence-electron chi connectivity index (χ0n) is 17.2. The smallest absolute Gasteiger partial charge is 0.161 e. The van der Waals surface area contributed by atoms with Crippen LogP contribution in [0.25, 0.3) is 0 Å². The molecular weight excluding hydrogens is 336 g/mol. The average Bonchev–Trinajstić information content (AvgIpc) is 2.71. The molecule has 1 aromatic carbocycles. The summed E-state index contributed by atoms with van der Waals surface area (Å²) in [6.45, 7) is 3.45. The molecule has 0 amide bonds. The zero-order valence-corrected chi connectivity index (χ0v) is 17.2. The SMILES string of the molecule is CCCC[C@@H]1CN2[C@@H](C[C@H]1N)c1cc(OC)c(OC)cc1[C@@H]1CCCC[C@@H]12. The van der Waals surface area contributed by atoms with Gasteiger partial charge in [-0.15, -0.1) is 0 Å². The molecule has 0 aromatic heterocycles. The molecular formula is C23H36N2O2. The first-order valence-corrected chi connectivity index (χ1v) is 10.9. The van der Waals surface area contributed by atoms with Crippen LogP contribution in [0.5, 0.6) is 11.5 Å². The van der Waals surface area contributed by atoms with Gasteiger partial charge in [-0.1, -0.05) is 32.6 Å². The van der Waals surface area contributed by atoms with E-state index in [4.69, 9.17) is 15.2 Å². The monoisotopic (exact) mass is 372 g/mol. The van der Waals surface area contributed by atoms with Crippen LogP contribution >= 0.6 is 0 Å². The quantitative estimate of drug-likeness (QED) is 0.819. The molecule has 1 saturated carbocycles. The van der Waals surface area contributed by atoms with Crippen molar-refractivity contribution in [1.82, 2.24) is 4.90 Å². The van der Waals surface area contributed by atoms with Crippen molar-refractivity contribution in [3.63, 3.8) is 0 Å². The summed E-state index contributed by atoms with van der Waals surface area (Å²) in [4.78, 5) is 2.84. The van der Waals surface area contributed by atoms with Crippen LogP contribution in [0.4, 0.5) is 0 Å². The molecule has 1 aromatic rings. The van der Waals surface area contributed by atoms with E-state index in [-0.39, 0.29) is 0 Å². The predicted octanol–water partition coefficient (Wildman–Crippen LogP) is 4.62. The van der Waals surface area contributed by atoms with Crippen LogP contribution in [-0.2, 0) is 0 Å². The first-order chi connectivity index (χ1) is 13.2. The molecule has 2 heterocycles. The molecule has 1 aliphatic carbocycles. The number of piperidine rings is 1. The third kappa shape index (κ3) is 3.36. The van der Waals surface area contributed by atoms with E-state index in [1.807, 2.05) is 0 Å². The molecule has 0 radical (unpaired) electrons. The summed E-state index contributed by atoms with van der Waals surface area (Å²) in [5.41, 5.74) is 9.64. The molecule has 1 saturated heterocycles. The highest BCUT2D eigenvalue weighted by molar-refractivity contribution is 5.51. The van der Waals surface area contributed by atoms with Gasteiger partial charge in [0.25, 0.3) is 0 Å². The van der Waals surface area contributed by atoms with Crippen molar-refractivity contribution < 1.29 is 9.47 Å². The van der Waals surface area contributed by atoms with Gasteiger partial charge in [0.15, 0.2) is 11.5 Å². The van der Waals surface area contributed by atoms with Gasteiger partial charge >= 0.3 is 0 Å². The average molecular weight is 373 g/mol. The zero-order chi connectivity index (χ0) is 19.0. The van der Waals surface area contributed by atoms with Gasteiger partial charge in [0.2, 0.25) is 0 Å². The molecule has 3 aliphatic rings. The Morgan fingerprint density at radius 1 is 1.07 bits per heavy atom. The van der Waals surface area contributed by atoms with Crippen LogP contribution in [0, 0.1) is 5.92 Å². The fraction of sp³-hybridized carbons (Fsp3) is 0.739. The van der Waals surface area contributed by atoms with Gasteiger partial charge in [0.1, 0.15) is 0 Å². The molecule has 2 N–H and O–H groups in total. The van der Waals surface area contributed by atoms with Crippen molar-refractivity contribution in [1.29, 1.82) is 0 Å². The molecule has 27 heavy (non-hydrogen) atoms. The van der Waals surface area contributed by atoms with Gasteiger partial charge in [-0.3, -0.25) is 4.90 Å². The molecule has 0 spiro atoms. The van der Waals surface area contributed by atoms with Crippen LogP contribution in [0.3, 0.4) is 0 Å². The predicted molar refractivity (Wildman–Crippen MR) is 110 cm³/mol. The van der Waals surface area contributed by atoms with Crippen molar-refractivity contribution in [2.75, 3.05) is 20.8 Å². The number of ether oxygens (including phenoxy) is 2. The van der Waals surface area contributed by atoms with Crippen molar-refractivity contribution >= 4 is 0 Å². The normalized spacial score (nSPS) is 33.0. The number of fused-ring (bicyclic) bond motifs is 6. The summed E-state index contributed by atoms with van der Waals surface area (Å²) in [6, 6.07) is 5.93. The third-order valence-electron chi connectivity index (χ3n) is 7.38. The molecule has 4 nitrogen and oxygen atoms in total. The Hall–Kier alpha value is -1.26. The first-order valence-electron chi connectivity index (χ1n) is 10.9. The minimum absolute atomic E-state index is 0.305. The van der Waals surface area contributed by atoms with Gasteiger partial charge in [-0.05, 0) is 60.8 Å². The van der Waals surface area contributed by atoms with Crippen LogP contribution in [0.2, 0.25) is 0 Å². The van der Waals surface area contributed by atoms with Gasteiger partial charge in [-0.2, -0.15) is 0 Å². The second-order valence-corrected chi connectivity index (χ2v) is 8.81. The van der Waals surface area contributed by atoms with Crippen LogP contribution in [-0.4, -0.2) is 37.7 Å². The second-order valence-electron chi connectivity index (χ2n) is 8.81. The first kappa shape index (κ1) is 19.1. The van der Waals surface area contributed by atoms with Gasteiger partial charge < -0.3 is 15.2 Å². The van der Waals surface area contributed by atoms with Crippen molar-refractivity contribution in [3.8, 4) is 11.5 Å². The standard InChI is InChI=1S/C23H36N2O2/c1-4-5-8-15-14-25-20-10-7-6-9-16(20)17-11-22(26-2)23(27-3)12-18(17)21(25)13-19(15)24/h11-12,15-16,19-21H,4-10,13-14,24H2,1-3H3/t15-,16+,19-,20+,21+/m1/s1. The number of unbranched alkanes of at least 4 members (excludes halogenated alkanes) is 1. The number of nitrogens with two attached hydrogens (primary N) is 1. The molecule has 4 rings (SSSR count). The molecule has 5 atom stereocenters. The minimum Gasteiger partial charge on any atom is -0.493 e. The molecule has 0 bridgehead atoms. The summed E-state index contributed by atoms with van der Waals surface area (Å²) in [5.74, 6) is 3.00. The lowest BCUT2D eigenvalue weighted by atomic mass is 9.69. The largest absolute Gasteiger partial charge is 0.493 e. The van der Waals surface area contributed by atoms with Gasteiger partial charge in [0.05, 0.1) is 14.2 Å². The topological polar surface area (TPSA) is 47.7 Å². The lowest BCUT2D eigenvalue weighted by molar-refractivity contribution is 0.00839. The van der Waals surface area contributed by atoms with Crippen LogP contribution in [0.1, 0.15) is 81.4 Å². The maximum Gasteiger partial charge on any atom is 0.161 e. The fourth-order valence-electron chi connectivity index (χ4n) is 5.95. The van der Waals surface area contributed by atoms with E-state index >= 15 is 0 Å². The number of rotatable bonds is 5. The van der Waals surface area contributed by atoms with E-state index in [2.05, 4.69) is 24.0 Å². The summed E-state index contributed by atoms with van der Waals surface area (Å²) in [7, 11) is 3.48. The summed E-state index contributed by atoms with van der Waals surface area (Å²) in [6.07, 6.45) is 10.2. The summed E-state index contributed by atoms with van der Waals surface area (Å²) in [5, 5.41) is 0. The van der Waals surface area contributed by atoms with Crippen molar-refractivity contribution in [3.05, 3.63) is 23.3 Å². The summed E-state index contributed by atoms with van der Waals surface area (Å²) >= 11 is 0. The van der Waals surface area contributed by atoms with Crippen LogP contribution < -0.4 is 15.2 Å². The number of methoxy groups -OCH3 is 2. The van der Waals surface area contributed by atoms with E-state index < -0.39 is 0 Å². The number of hydrogen-bond donors (Lipinski definition) is 1. The maximum atomic E-state index is 6.70. The molecule has 150 valence electrons. The van der Waals surface area contributed by atoms with E-state index in [1.54, 1.807) is 14.2 Å². The molecule has 2 aliphatic heterocycles. The minimum atomic E-state index is 0.305. The maximum absolute atomic E-state index is 6.70. The Labute approximate surface area is 164 Å². The van der Waals surface area contributed by atoms with E-state index in [1.165, 1.54) is 62.6 Å². The number of hydrogen-bond acceptors (Lipinski definition) is 4. The van der Waals surface area contributed by atoms with E-state index in [0.717, 1.165) is 17.9 Å². The highest BCUT2D eigenvalue weighted by Crippen LogP contribution is 2.52. The van der Waals surface area contributed by atoms with E-state index in [9.17, 15) is 0 Å².